The number of carbonyl (C=O) groups is 2. The molecule has 1 aliphatic carbocycles. The minimum atomic E-state index is -0.805. The second kappa shape index (κ2) is 5.90. The Bertz CT molecular complexity index is 351. The third-order valence-electron chi connectivity index (χ3n) is 4.50. The largest absolute Gasteiger partial charge is 0.481 e. The summed E-state index contributed by atoms with van der Waals surface area (Å²) in [6.07, 6.45) is 5.35. The molecule has 1 atom stereocenters. The van der Waals surface area contributed by atoms with E-state index >= 15 is 0 Å². The molecule has 2 aliphatic rings. The van der Waals surface area contributed by atoms with E-state index < -0.39 is 11.4 Å². The summed E-state index contributed by atoms with van der Waals surface area (Å²) in [6, 6.07) is 0.179. The third-order valence-corrected chi connectivity index (χ3v) is 4.50. The number of likely N-dealkylation sites (tertiary alicyclic amines) is 1. The predicted molar refractivity (Wildman–Crippen MR) is 71.8 cm³/mol. The topological polar surface area (TPSA) is 69.6 Å². The Kier molecular flexibility index (Phi) is 4.45. The molecule has 1 amide bonds. The molecule has 108 valence electrons. The number of aliphatic carboxylic acids is 1. The van der Waals surface area contributed by atoms with Gasteiger partial charge in [-0.2, -0.15) is 0 Å². The number of nitrogens with zero attached hydrogens (tertiary/aromatic N) is 1. The Labute approximate surface area is 114 Å². The van der Waals surface area contributed by atoms with Gasteiger partial charge in [0, 0.05) is 19.0 Å². The number of amides is 1. The highest BCUT2D eigenvalue weighted by Gasteiger charge is 2.43. The van der Waals surface area contributed by atoms with Gasteiger partial charge in [0.05, 0.1) is 5.41 Å². The van der Waals surface area contributed by atoms with Crippen molar-refractivity contribution < 1.29 is 14.7 Å². The zero-order valence-electron chi connectivity index (χ0n) is 11.7. The van der Waals surface area contributed by atoms with Crippen molar-refractivity contribution >= 4 is 11.9 Å². The summed E-state index contributed by atoms with van der Waals surface area (Å²) >= 11 is 0. The van der Waals surface area contributed by atoms with E-state index in [9.17, 15) is 14.7 Å². The van der Waals surface area contributed by atoms with Gasteiger partial charge in [-0.25, -0.2) is 0 Å². The molecule has 0 aromatic carbocycles. The molecule has 2 fully saturated rings. The van der Waals surface area contributed by atoms with Gasteiger partial charge in [-0.3, -0.25) is 9.59 Å². The van der Waals surface area contributed by atoms with Crippen molar-refractivity contribution in [2.45, 2.75) is 51.0 Å². The van der Waals surface area contributed by atoms with Gasteiger partial charge < -0.3 is 15.3 Å². The number of carboxylic acid groups (broad SMARTS) is 1. The van der Waals surface area contributed by atoms with Crippen LogP contribution in [-0.2, 0) is 9.59 Å². The van der Waals surface area contributed by atoms with Gasteiger partial charge in [-0.1, -0.05) is 12.8 Å². The number of hydrogen-bond acceptors (Lipinski definition) is 3. The lowest BCUT2D eigenvalue weighted by Crippen LogP contribution is -2.47. The molecule has 1 heterocycles. The summed E-state index contributed by atoms with van der Waals surface area (Å²) in [4.78, 5) is 25.7. The molecule has 0 aromatic heterocycles. The highest BCUT2D eigenvalue weighted by atomic mass is 16.4. The van der Waals surface area contributed by atoms with E-state index in [-0.39, 0.29) is 18.4 Å². The van der Waals surface area contributed by atoms with Crippen LogP contribution in [0.3, 0.4) is 0 Å². The molecule has 1 saturated carbocycles. The van der Waals surface area contributed by atoms with Crippen LogP contribution in [0, 0.1) is 5.41 Å². The second-order valence-corrected chi connectivity index (χ2v) is 6.14. The van der Waals surface area contributed by atoms with Crippen LogP contribution < -0.4 is 5.32 Å². The fourth-order valence-electron chi connectivity index (χ4n) is 3.39. The molecular formula is C14H24N2O3. The van der Waals surface area contributed by atoms with Crippen LogP contribution in [0.15, 0.2) is 0 Å². The molecule has 2 N–H and O–H groups in total. The molecule has 0 spiro atoms. The van der Waals surface area contributed by atoms with E-state index in [1.165, 1.54) is 0 Å². The van der Waals surface area contributed by atoms with Crippen LogP contribution in [0.2, 0.25) is 0 Å². The standard InChI is InChI=1S/C14H24N2O3/c1-16-8-4-5-11(10-16)15-12(17)9-14(13(18)19)6-2-3-7-14/h11H,2-10H2,1H3,(H,15,17)(H,18,19). The molecule has 1 unspecified atom stereocenters. The summed E-state index contributed by atoms with van der Waals surface area (Å²) in [5, 5.41) is 12.4. The first kappa shape index (κ1) is 14.3. The van der Waals surface area contributed by atoms with Gasteiger partial charge in [-0.05, 0) is 39.3 Å². The highest BCUT2D eigenvalue weighted by molar-refractivity contribution is 5.85. The normalized spacial score (nSPS) is 27.1. The number of carbonyl (C=O) groups excluding carboxylic acids is 1. The molecular weight excluding hydrogens is 244 g/mol. The van der Waals surface area contributed by atoms with Crippen molar-refractivity contribution in [1.82, 2.24) is 10.2 Å². The van der Waals surface area contributed by atoms with Gasteiger partial charge in [0.15, 0.2) is 0 Å². The van der Waals surface area contributed by atoms with E-state index in [1.54, 1.807) is 0 Å². The van der Waals surface area contributed by atoms with Gasteiger partial charge in [0.25, 0.3) is 0 Å². The van der Waals surface area contributed by atoms with E-state index in [2.05, 4.69) is 10.2 Å². The van der Waals surface area contributed by atoms with Gasteiger partial charge in [-0.15, -0.1) is 0 Å². The third kappa shape index (κ3) is 3.47. The van der Waals surface area contributed by atoms with Crippen LogP contribution in [0.25, 0.3) is 0 Å². The van der Waals surface area contributed by atoms with Crippen molar-refractivity contribution in [3.63, 3.8) is 0 Å². The summed E-state index contributed by atoms with van der Waals surface area (Å²) in [5.74, 6) is -0.898. The molecule has 0 aromatic rings. The zero-order valence-corrected chi connectivity index (χ0v) is 11.7. The number of carboxylic acids is 1. The molecule has 19 heavy (non-hydrogen) atoms. The summed E-state index contributed by atoms with van der Waals surface area (Å²) < 4.78 is 0. The number of rotatable bonds is 4. The minimum absolute atomic E-state index is 0.0930. The van der Waals surface area contributed by atoms with E-state index in [4.69, 9.17) is 0 Å². The van der Waals surface area contributed by atoms with Crippen LogP contribution in [0.4, 0.5) is 0 Å². The molecule has 0 radical (unpaired) electrons. The van der Waals surface area contributed by atoms with E-state index in [0.717, 1.165) is 38.8 Å². The van der Waals surface area contributed by atoms with E-state index in [0.29, 0.717) is 12.8 Å². The van der Waals surface area contributed by atoms with Crippen molar-refractivity contribution in [1.29, 1.82) is 0 Å². The second-order valence-electron chi connectivity index (χ2n) is 6.14. The smallest absolute Gasteiger partial charge is 0.310 e. The molecule has 5 nitrogen and oxygen atoms in total. The Hall–Kier alpha value is -1.10. The summed E-state index contributed by atoms with van der Waals surface area (Å²) in [6.45, 7) is 1.94. The SMILES string of the molecule is CN1CCCC(NC(=O)CC2(C(=O)O)CCCC2)C1. The van der Waals surface area contributed by atoms with Gasteiger partial charge in [0.1, 0.15) is 0 Å². The average Bonchev–Trinajstić information content (AvgIpc) is 2.78. The number of nitrogens with one attached hydrogen (secondary N) is 1. The number of hydrogen-bond donors (Lipinski definition) is 2. The maximum atomic E-state index is 12.1. The molecule has 2 rings (SSSR count). The lowest BCUT2D eigenvalue weighted by atomic mass is 9.82. The Morgan fingerprint density at radius 2 is 2.00 bits per heavy atom. The van der Waals surface area contributed by atoms with Crippen LogP contribution in [0.1, 0.15) is 44.9 Å². The Balaban J connectivity index is 1.87. The monoisotopic (exact) mass is 268 g/mol. The predicted octanol–water partition coefficient (Wildman–Crippen LogP) is 1.23. The van der Waals surface area contributed by atoms with Gasteiger partial charge >= 0.3 is 5.97 Å². The lowest BCUT2D eigenvalue weighted by Gasteiger charge is -2.31. The maximum absolute atomic E-state index is 12.1. The first-order valence-corrected chi connectivity index (χ1v) is 7.23. The molecule has 1 saturated heterocycles. The Morgan fingerprint density at radius 3 is 2.58 bits per heavy atom. The fourth-order valence-corrected chi connectivity index (χ4v) is 3.39. The van der Waals surface area contributed by atoms with Crippen LogP contribution in [0.5, 0.6) is 0 Å². The van der Waals surface area contributed by atoms with Gasteiger partial charge in [0.2, 0.25) is 5.91 Å². The lowest BCUT2D eigenvalue weighted by molar-refractivity contribution is -0.151. The maximum Gasteiger partial charge on any atom is 0.310 e. The summed E-state index contributed by atoms with van der Waals surface area (Å²) in [7, 11) is 2.05. The zero-order chi connectivity index (χ0) is 13.9. The van der Waals surface area contributed by atoms with Crippen molar-refractivity contribution in [3.05, 3.63) is 0 Å². The highest BCUT2D eigenvalue weighted by Crippen LogP contribution is 2.41. The number of likely N-dealkylation sites (N-methyl/N-ethyl adjacent to an activating group) is 1. The summed E-state index contributed by atoms with van der Waals surface area (Å²) in [5.41, 5.74) is -0.801. The van der Waals surface area contributed by atoms with Crippen LogP contribution >= 0.6 is 0 Å². The first-order chi connectivity index (χ1) is 9.02. The first-order valence-electron chi connectivity index (χ1n) is 7.23. The Morgan fingerprint density at radius 1 is 1.32 bits per heavy atom. The molecule has 1 aliphatic heterocycles. The number of piperidine rings is 1. The average molecular weight is 268 g/mol. The van der Waals surface area contributed by atoms with Crippen LogP contribution in [-0.4, -0.2) is 48.1 Å². The quantitative estimate of drug-likeness (QED) is 0.804. The molecule has 5 heteroatoms. The van der Waals surface area contributed by atoms with E-state index in [1.807, 2.05) is 7.05 Å². The van der Waals surface area contributed by atoms with Crippen molar-refractivity contribution in [2.75, 3.05) is 20.1 Å². The molecule has 0 bridgehead atoms. The fraction of sp³-hybridized carbons (Fsp3) is 0.857. The minimum Gasteiger partial charge on any atom is -0.481 e. The van der Waals surface area contributed by atoms with Crippen molar-refractivity contribution in [3.8, 4) is 0 Å². The van der Waals surface area contributed by atoms with Crippen molar-refractivity contribution in [2.24, 2.45) is 5.41 Å².